The van der Waals surface area contributed by atoms with Crippen LogP contribution in [0.1, 0.15) is 43.6 Å². The number of esters is 1. The molecule has 1 atom stereocenters. The minimum absolute atomic E-state index is 0.204. The van der Waals surface area contributed by atoms with Crippen molar-refractivity contribution in [1.82, 2.24) is 0 Å². The van der Waals surface area contributed by atoms with E-state index in [9.17, 15) is 9.59 Å². The van der Waals surface area contributed by atoms with Gasteiger partial charge < -0.3 is 4.74 Å². The Morgan fingerprint density at radius 3 is 2.06 bits per heavy atom. The van der Waals surface area contributed by atoms with Crippen molar-refractivity contribution in [2.24, 2.45) is 5.92 Å². The van der Waals surface area contributed by atoms with Crippen LogP contribution in [0.3, 0.4) is 0 Å². The summed E-state index contributed by atoms with van der Waals surface area (Å²) in [5, 5.41) is 0. The highest BCUT2D eigenvalue weighted by Crippen LogP contribution is 2.15. The molecule has 0 N–H and O–H groups in total. The van der Waals surface area contributed by atoms with Crippen molar-refractivity contribution >= 4 is 11.8 Å². The summed E-state index contributed by atoms with van der Waals surface area (Å²) in [6, 6.07) is 7.18. The van der Waals surface area contributed by atoms with Crippen molar-refractivity contribution in [1.29, 1.82) is 0 Å². The Hall–Kier alpha value is -1.64. The van der Waals surface area contributed by atoms with Crippen molar-refractivity contribution in [2.45, 2.75) is 40.2 Å². The van der Waals surface area contributed by atoms with Crippen molar-refractivity contribution < 1.29 is 14.3 Å². The molecular weight excluding hydrogens is 228 g/mol. The van der Waals surface area contributed by atoms with Gasteiger partial charge in [0.15, 0.2) is 5.78 Å². The van der Waals surface area contributed by atoms with Crippen molar-refractivity contribution in [3.05, 3.63) is 35.4 Å². The third-order valence-electron chi connectivity index (χ3n) is 2.49. The van der Waals surface area contributed by atoms with E-state index in [0.717, 1.165) is 5.56 Å². The maximum Gasteiger partial charge on any atom is 0.317 e. The van der Waals surface area contributed by atoms with Crippen molar-refractivity contribution in [2.75, 3.05) is 0 Å². The molecule has 0 aliphatic heterocycles. The quantitative estimate of drug-likeness (QED) is 0.469. The standard InChI is InChI=1S/C15H20O3/c1-10-6-8-12(9-7-10)13(16)11(2)14(17)18-15(3,4)5/h6-9,11H,1-5H3. The predicted molar refractivity (Wildman–Crippen MR) is 70.5 cm³/mol. The normalized spacial score (nSPS) is 12.9. The lowest BCUT2D eigenvalue weighted by Crippen LogP contribution is -2.31. The Balaban J connectivity index is 2.78. The van der Waals surface area contributed by atoms with Crippen LogP contribution >= 0.6 is 0 Å². The second-order valence-corrected chi connectivity index (χ2v) is 5.49. The van der Waals surface area contributed by atoms with Crippen LogP contribution in [0.5, 0.6) is 0 Å². The molecule has 3 nitrogen and oxygen atoms in total. The van der Waals surface area contributed by atoms with Gasteiger partial charge in [0.2, 0.25) is 0 Å². The topological polar surface area (TPSA) is 43.4 Å². The van der Waals surface area contributed by atoms with Crippen LogP contribution in [-0.4, -0.2) is 17.4 Å². The first-order valence-electron chi connectivity index (χ1n) is 6.04. The number of aryl methyl sites for hydroxylation is 1. The van der Waals surface area contributed by atoms with E-state index in [4.69, 9.17) is 4.74 Å². The first-order chi connectivity index (χ1) is 8.20. The minimum atomic E-state index is -0.771. The zero-order valence-electron chi connectivity index (χ0n) is 11.6. The molecule has 0 heterocycles. The summed E-state index contributed by atoms with van der Waals surface area (Å²) in [6.45, 7) is 8.89. The smallest absolute Gasteiger partial charge is 0.317 e. The van der Waals surface area contributed by atoms with E-state index >= 15 is 0 Å². The fourth-order valence-corrected chi connectivity index (χ4v) is 1.47. The summed E-state index contributed by atoms with van der Waals surface area (Å²) in [5.41, 5.74) is 1.05. The average Bonchev–Trinajstić information content (AvgIpc) is 2.26. The number of benzene rings is 1. The fourth-order valence-electron chi connectivity index (χ4n) is 1.47. The van der Waals surface area contributed by atoms with Gasteiger partial charge in [0, 0.05) is 5.56 Å². The van der Waals surface area contributed by atoms with Crippen LogP contribution < -0.4 is 0 Å². The van der Waals surface area contributed by atoms with Gasteiger partial charge in [0.25, 0.3) is 0 Å². The Labute approximate surface area is 108 Å². The van der Waals surface area contributed by atoms with E-state index in [1.54, 1.807) is 39.8 Å². The van der Waals surface area contributed by atoms with E-state index in [2.05, 4.69) is 0 Å². The molecule has 18 heavy (non-hydrogen) atoms. The molecule has 1 unspecified atom stereocenters. The highest BCUT2D eigenvalue weighted by molar-refractivity contribution is 6.08. The largest absolute Gasteiger partial charge is 0.459 e. The van der Waals surface area contributed by atoms with E-state index in [-0.39, 0.29) is 5.78 Å². The molecule has 0 aliphatic rings. The average molecular weight is 248 g/mol. The molecule has 98 valence electrons. The first-order valence-corrected chi connectivity index (χ1v) is 6.04. The van der Waals surface area contributed by atoms with Crippen LogP contribution in [0.25, 0.3) is 0 Å². The second kappa shape index (κ2) is 5.34. The Morgan fingerprint density at radius 2 is 1.61 bits per heavy atom. The molecular formula is C15H20O3. The minimum Gasteiger partial charge on any atom is -0.459 e. The molecule has 0 bridgehead atoms. The number of carbonyl (C=O) groups is 2. The summed E-state index contributed by atoms with van der Waals surface area (Å²) in [6.07, 6.45) is 0. The van der Waals surface area contributed by atoms with Gasteiger partial charge in [0.05, 0.1) is 0 Å². The molecule has 0 radical (unpaired) electrons. The molecule has 0 aromatic heterocycles. The Bertz CT molecular complexity index is 438. The molecule has 1 aromatic carbocycles. The number of ketones is 1. The highest BCUT2D eigenvalue weighted by Gasteiger charge is 2.27. The summed E-state index contributed by atoms with van der Waals surface area (Å²) in [4.78, 5) is 23.9. The lowest BCUT2D eigenvalue weighted by Gasteiger charge is -2.21. The SMILES string of the molecule is Cc1ccc(C(=O)C(C)C(=O)OC(C)(C)C)cc1. The summed E-state index contributed by atoms with van der Waals surface area (Å²) < 4.78 is 5.21. The van der Waals surface area contributed by atoms with Crippen LogP contribution in [-0.2, 0) is 9.53 Å². The van der Waals surface area contributed by atoms with E-state index < -0.39 is 17.5 Å². The molecule has 0 fully saturated rings. The van der Waals surface area contributed by atoms with E-state index in [1.165, 1.54) is 0 Å². The molecule has 0 aliphatic carbocycles. The van der Waals surface area contributed by atoms with Crippen molar-refractivity contribution in [3.8, 4) is 0 Å². The molecule has 3 heteroatoms. The van der Waals surface area contributed by atoms with Gasteiger partial charge in [-0.25, -0.2) is 0 Å². The number of carbonyl (C=O) groups excluding carboxylic acids is 2. The van der Waals surface area contributed by atoms with E-state index in [0.29, 0.717) is 5.56 Å². The fraction of sp³-hybridized carbons (Fsp3) is 0.467. The Kier molecular flexibility index (Phi) is 4.28. The van der Waals surface area contributed by atoms with Crippen molar-refractivity contribution in [3.63, 3.8) is 0 Å². The number of hydrogen-bond donors (Lipinski definition) is 0. The van der Waals surface area contributed by atoms with Crippen LogP contribution in [0.4, 0.5) is 0 Å². The summed E-state index contributed by atoms with van der Waals surface area (Å²) in [7, 11) is 0. The molecule has 0 saturated carbocycles. The molecule has 0 amide bonds. The van der Waals surface area contributed by atoms with Gasteiger partial charge in [-0.2, -0.15) is 0 Å². The first kappa shape index (κ1) is 14.4. The predicted octanol–water partition coefficient (Wildman–Crippen LogP) is 3.16. The zero-order chi connectivity index (χ0) is 13.9. The lowest BCUT2D eigenvalue weighted by molar-refractivity contribution is -0.157. The number of ether oxygens (including phenoxy) is 1. The van der Waals surface area contributed by atoms with Crippen LogP contribution in [0.2, 0.25) is 0 Å². The zero-order valence-corrected chi connectivity index (χ0v) is 11.6. The lowest BCUT2D eigenvalue weighted by atomic mass is 9.98. The van der Waals surface area contributed by atoms with Gasteiger partial charge >= 0.3 is 5.97 Å². The number of Topliss-reactive ketones (excluding diaryl/α,β-unsaturated/α-hetero) is 1. The number of rotatable bonds is 3. The Morgan fingerprint density at radius 1 is 1.11 bits per heavy atom. The summed E-state index contributed by atoms with van der Waals surface area (Å²) in [5.74, 6) is -1.45. The molecule has 0 spiro atoms. The van der Waals surface area contributed by atoms with E-state index in [1.807, 2.05) is 19.1 Å². The second-order valence-electron chi connectivity index (χ2n) is 5.49. The highest BCUT2D eigenvalue weighted by atomic mass is 16.6. The van der Waals surface area contributed by atoms with Gasteiger partial charge in [0.1, 0.15) is 11.5 Å². The van der Waals surface area contributed by atoms with Crippen LogP contribution in [0.15, 0.2) is 24.3 Å². The van der Waals surface area contributed by atoms with Gasteiger partial charge in [-0.3, -0.25) is 9.59 Å². The van der Waals surface area contributed by atoms with Gasteiger partial charge in [-0.15, -0.1) is 0 Å². The molecule has 0 saturated heterocycles. The summed E-state index contributed by atoms with van der Waals surface area (Å²) >= 11 is 0. The third kappa shape index (κ3) is 3.99. The monoisotopic (exact) mass is 248 g/mol. The van der Waals surface area contributed by atoms with Crippen LogP contribution in [0, 0.1) is 12.8 Å². The maximum atomic E-state index is 12.1. The number of hydrogen-bond acceptors (Lipinski definition) is 3. The molecule has 1 rings (SSSR count). The van der Waals surface area contributed by atoms with Gasteiger partial charge in [-0.05, 0) is 34.6 Å². The maximum absolute atomic E-state index is 12.1. The third-order valence-corrected chi connectivity index (χ3v) is 2.49. The van der Waals surface area contributed by atoms with Gasteiger partial charge in [-0.1, -0.05) is 29.8 Å². The molecule has 1 aromatic rings.